The van der Waals surface area contributed by atoms with Crippen molar-refractivity contribution in [3.63, 3.8) is 0 Å². The van der Waals surface area contributed by atoms with Crippen molar-refractivity contribution in [1.29, 1.82) is 0 Å². The first-order valence-corrected chi connectivity index (χ1v) is 11.6. The van der Waals surface area contributed by atoms with E-state index in [2.05, 4.69) is 16.7 Å². The molecule has 0 spiro atoms. The maximum absolute atomic E-state index is 6.14. The van der Waals surface area contributed by atoms with Gasteiger partial charge < -0.3 is 20.3 Å². The molecule has 0 unspecified atom stereocenters. The minimum atomic E-state index is 0.412. The summed E-state index contributed by atoms with van der Waals surface area (Å²) >= 11 is 6.14. The molecule has 0 saturated heterocycles. The van der Waals surface area contributed by atoms with Crippen molar-refractivity contribution >= 4 is 34.3 Å². The molecule has 4 rings (SSSR count). The van der Waals surface area contributed by atoms with Crippen LogP contribution >= 0.6 is 11.6 Å². The number of halogens is 1. The molecule has 1 heterocycles. The van der Waals surface area contributed by atoms with Gasteiger partial charge >= 0.3 is 0 Å². The second-order valence-corrected chi connectivity index (χ2v) is 9.17. The number of para-hydroxylation sites is 1. The van der Waals surface area contributed by atoms with E-state index in [1.165, 1.54) is 12.8 Å². The molecule has 7 heteroatoms. The van der Waals surface area contributed by atoms with Crippen molar-refractivity contribution in [3.8, 4) is 5.75 Å². The lowest BCUT2D eigenvalue weighted by Crippen LogP contribution is -2.31. The van der Waals surface area contributed by atoms with Crippen LogP contribution < -0.4 is 20.3 Å². The summed E-state index contributed by atoms with van der Waals surface area (Å²) in [5, 5.41) is 9.00. The summed E-state index contributed by atoms with van der Waals surface area (Å²) in [6.45, 7) is 1.76. The van der Waals surface area contributed by atoms with Gasteiger partial charge in [-0.25, -0.2) is 4.98 Å². The van der Waals surface area contributed by atoms with Crippen LogP contribution in [-0.4, -0.2) is 43.8 Å². The highest BCUT2D eigenvalue weighted by Crippen LogP contribution is 2.28. The first-order chi connectivity index (χ1) is 15.5. The van der Waals surface area contributed by atoms with E-state index in [1.807, 2.05) is 55.4 Å². The topological polar surface area (TPSA) is 62.3 Å². The van der Waals surface area contributed by atoms with Gasteiger partial charge in [-0.2, -0.15) is 4.98 Å². The van der Waals surface area contributed by atoms with E-state index in [0.717, 1.165) is 64.9 Å². The van der Waals surface area contributed by atoms with Crippen molar-refractivity contribution in [2.24, 2.45) is 5.92 Å². The third-order valence-corrected chi connectivity index (χ3v) is 6.41. The summed E-state index contributed by atoms with van der Waals surface area (Å²) in [6, 6.07) is 14.3. The Hall–Kier alpha value is -2.57. The van der Waals surface area contributed by atoms with E-state index in [4.69, 9.17) is 26.3 Å². The standard InChI is InChI=1S/C25H32ClN5O/c1-31(2)24-21-6-4-5-7-22(21)29-25(30-24)28-20-11-8-17(9-12-20)15-27-16-18-14-19(26)10-13-23(18)32-3/h4-7,10,13-14,17,20,27H,8-9,11-12,15-16H2,1-3H3,(H,28,29,30)/t17-,20+. The summed E-state index contributed by atoms with van der Waals surface area (Å²) in [6.07, 6.45) is 4.62. The lowest BCUT2D eigenvalue weighted by molar-refractivity contribution is 0.322. The lowest BCUT2D eigenvalue weighted by atomic mass is 9.86. The molecule has 0 aliphatic heterocycles. The number of nitrogens with one attached hydrogen (secondary N) is 2. The zero-order valence-electron chi connectivity index (χ0n) is 19.1. The fourth-order valence-corrected chi connectivity index (χ4v) is 4.65. The third-order valence-electron chi connectivity index (χ3n) is 6.18. The fourth-order valence-electron chi connectivity index (χ4n) is 4.46. The molecule has 1 aliphatic carbocycles. The first kappa shape index (κ1) is 22.6. The van der Waals surface area contributed by atoms with Crippen LogP contribution in [0.5, 0.6) is 5.75 Å². The number of aromatic nitrogens is 2. The summed E-state index contributed by atoms with van der Waals surface area (Å²) in [4.78, 5) is 11.6. The maximum Gasteiger partial charge on any atom is 0.225 e. The molecule has 1 aromatic heterocycles. The average Bonchev–Trinajstić information content (AvgIpc) is 2.80. The van der Waals surface area contributed by atoms with E-state index in [1.54, 1.807) is 7.11 Å². The van der Waals surface area contributed by atoms with Crippen LogP contribution in [0, 0.1) is 5.92 Å². The molecule has 1 aliphatic rings. The van der Waals surface area contributed by atoms with E-state index in [0.29, 0.717) is 12.0 Å². The summed E-state index contributed by atoms with van der Waals surface area (Å²) < 4.78 is 5.44. The molecule has 0 amide bonds. The van der Waals surface area contributed by atoms with E-state index in [-0.39, 0.29) is 0 Å². The van der Waals surface area contributed by atoms with E-state index in [9.17, 15) is 0 Å². The van der Waals surface area contributed by atoms with Gasteiger partial charge in [0, 0.05) is 42.7 Å². The third kappa shape index (κ3) is 5.43. The Morgan fingerprint density at radius 3 is 2.59 bits per heavy atom. The van der Waals surface area contributed by atoms with Crippen LogP contribution in [0.3, 0.4) is 0 Å². The molecule has 1 fully saturated rings. The zero-order valence-corrected chi connectivity index (χ0v) is 19.8. The molecule has 0 radical (unpaired) electrons. The van der Waals surface area contributed by atoms with Gasteiger partial charge in [0.2, 0.25) is 5.95 Å². The monoisotopic (exact) mass is 453 g/mol. The highest BCUT2D eigenvalue weighted by atomic mass is 35.5. The highest BCUT2D eigenvalue weighted by molar-refractivity contribution is 6.30. The van der Waals surface area contributed by atoms with Crippen LogP contribution in [0.4, 0.5) is 11.8 Å². The Balaban J connectivity index is 1.30. The Morgan fingerprint density at radius 1 is 1.06 bits per heavy atom. The van der Waals surface area contributed by atoms with Crippen molar-refractivity contribution in [3.05, 3.63) is 53.1 Å². The van der Waals surface area contributed by atoms with Gasteiger partial charge in [0.05, 0.1) is 12.6 Å². The van der Waals surface area contributed by atoms with Crippen molar-refractivity contribution in [2.75, 3.05) is 38.0 Å². The number of anilines is 2. The Kier molecular flexibility index (Phi) is 7.33. The van der Waals surface area contributed by atoms with Gasteiger partial charge in [0.15, 0.2) is 0 Å². The Labute approximate surface area is 195 Å². The Morgan fingerprint density at radius 2 is 1.84 bits per heavy atom. The first-order valence-electron chi connectivity index (χ1n) is 11.3. The molecule has 170 valence electrons. The summed E-state index contributed by atoms with van der Waals surface area (Å²) in [5.41, 5.74) is 2.07. The normalized spacial score (nSPS) is 18.5. The molecule has 6 nitrogen and oxygen atoms in total. The highest BCUT2D eigenvalue weighted by Gasteiger charge is 2.22. The lowest BCUT2D eigenvalue weighted by Gasteiger charge is -2.29. The molecule has 1 saturated carbocycles. The van der Waals surface area contributed by atoms with Gasteiger partial charge in [-0.3, -0.25) is 0 Å². The predicted molar refractivity (Wildman–Crippen MR) is 133 cm³/mol. The number of benzene rings is 2. The zero-order chi connectivity index (χ0) is 22.5. The number of rotatable bonds is 8. The molecule has 2 N–H and O–H groups in total. The SMILES string of the molecule is COc1ccc(Cl)cc1CNC[C@H]1CC[C@@H](Nc2nc(N(C)C)c3ccccc3n2)CC1. The van der Waals surface area contributed by atoms with Gasteiger partial charge in [-0.15, -0.1) is 0 Å². The minimum absolute atomic E-state index is 0.412. The molecular formula is C25H32ClN5O. The minimum Gasteiger partial charge on any atom is -0.496 e. The number of hydrogen-bond donors (Lipinski definition) is 2. The van der Waals surface area contributed by atoms with Crippen molar-refractivity contribution < 1.29 is 4.74 Å². The number of nitrogens with zero attached hydrogens (tertiary/aromatic N) is 3. The molecule has 32 heavy (non-hydrogen) atoms. The summed E-state index contributed by atoms with van der Waals surface area (Å²) in [7, 11) is 5.74. The van der Waals surface area contributed by atoms with Crippen LogP contribution in [0.15, 0.2) is 42.5 Å². The quantitative estimate of drug-likeness (QED) is 0.493. The largest absolute Gasteiger partial charge is 0.496 e. The average molecular weight is 454 g/mol. The summed E-state index contributed by atoms with van der Waals surface area (Å²) in [5.74, 6) is 3.23. The van der Waals surface area contributed by atoms with Gasteiger partial charge in [0.1, 0.15) is 11.6 Å². The van der Waals surface area contributed by atoms with Gasteiger partial charge in [0.25, 0.3) is 0 Å². The molecule has 0 atom stereocenters. The molecule has 2 aromatic carbocycles. The van der Waals surface area contributed by atoms with E-state index < -0.39 is 0 Å². The number of methoxy groups -OCH3 is 1. The molecule has 0 bridgehead atoms. The van der Waals surface area contributed by atoms with Crippen LogP contribution in [0.25, 0.3) is 10.9 Å². The predicted octanol–water partition coefficient (Wildman–Crippen LogP) is 5.12. The second-order valence-electron chi connectivity index (χ2n) is 8.73. The van der Waals surface area contributed by atoms with Crippen LogP contribution in [-0.2, 0) is 6.54 Å². The van der Waals surface area contributed by atoms with Crippen LogP contribution in [0.1, 0.15) is 31.2 Å². The van der Waals surface area contributed by atoms with Gasteiger partial charge in [-0.1, -0.05) is 23.7 Å². The van der Waals surface area contributed by atoms with Crippen molar-refractivity contribution in [1.82, 2.24) is 15.3 Å². The fraction of sp³-hybridized carbons (Fsp3) is 0.440. The number of fused-ring (bicyclic) bond motifs is 1. The second kappa shape index (κ2) is 10.4. The number of hydrogen-bond acceptors (Lipinski definition) is 6. The van der Waals surface area contributed by atoms with Crippen LogP contribution in [0.2, 0.25) is 5.02 Å². The number of ether oxygens (including phenoxy) is 1. The van der Waals surface area contributed by atoms with Crippen molar-refractivity contribution in [2.45, 2.75) is 38.3 Å². The van der Waals surface area contributed by atoms with Gasteiger partial charge in [-0.05, 0) is 68.5 Å². The molecule has 3 aromatic rings. The smallest absolute Gasteiger partial charge is 0.225 e. The maximum atomic E-state index is 6.14. The molecular weight excluding hydrogens is 422 g/mol. The Bertz CT molecular complexity index is 1050. The van der Waals surface area contributed by atoms with E-state index >= 15 is 0 Å².